The van der Waals surface area contributed by atoms with E-state index in [2.05, 4.69) is 44.7 Å². The Balaban J connectivity index is 0.00000364. The number of carbonyl (C=O) groups is 1. The highest BCUT2D eigenvalue weighted by Crippen LogP contribution is 2.08. The molecular weight excluding hydrogens is 471 g/mol. The summed E-state index contributed by atoms with van der Waals surface area (Å²) in [5.41, 5.74) is 2.93. The molecule has 0 saturated carbocycles. The number of hydrogen-bond acceptors (Lipinski definition) is 3. The number of thiophene rings is 1. The average Bonchev–Trinajstić information content (AvgIpc) is 3.17. The first-order valence-electron chi connectivity index (χ1n) is 9.05. The van der Waals surface area contributed by atoms with Gasteiger partial charge in [-0.25, -0.2) is 4.99 Å². The minimum Gasteiger partial charge on any atom is -0.357 e. The second-order valence-corrected chi connectivity index (χ2v) is 6.94. The number of hydrogen-bond donors (Lipinski definition) is 3. The Labute approximate surface area is 183 Å². The number of carbonyl (C=O) groups excluding carboxylic acids is 1. The van der Waals surface area contributed by atoms with E-state index in [1.165, 1.54) is 5.56 Å². The van der Waals surface area contributed by atoms with Gasteiger partial charge < -0.3 is 16.0 Å². The number of aliphatic imine (C=N–C) groups is 1. The van der Waals surface area contributed by atoms with Gasteiger partial charge in [-0.05, 0) is 60.4 Å². The van der Waals surface area contributed by atoms with Crippen molar-refractivity contribution in [1.29, 1.82) is 0 Å². The van der Waals surface area contributed by atoms with Crippen molar-refractivity contribution in [2.75, 3.05) is 6.54 Å². The topological polar surface area (TPSA) is 65.5 Å². The summed E-state index contributed by atoms with van der Waals surface area (Å²) >= 11 is 1.68. The highest BCUT2D eigenvalue weighted by atomic mass is 127. The molecule has 148 valence electrons. The summed E-state index contributed by atoms with van der Waals surface area (Å²) in [4.78, 5) is 16.9. The summed E-state index contributed by atoms with van der Waals surface area (Å²) in [6, 6.07) is 9.95. The molecule has 2 aromatic rings. The fourth-order valence-corrected chi connectivity index (χ4v) is 2.97. The lowest BCUT2D eigenvalue weighted by atomic mass is 10.1. The van der Waals surface area contributed by atoms with Crippen LogP contribution in [0.1, 0.15) is 48.7 Å². The SMILES string of the molecule is CCNC(=NCc1ccsc1)NCc1cccc(C(=O)NC(C)CC)c1.I. The third-order valence-electron chi connectivity index (χ3n) is 3.98. The van der Waals surface area contributed by atoms with Crippen molar-refractivity contribution in [3.05, 3.63) is 57.8 Å². The van der Waals surface area contributed by atoms with Gasteiger partial charge in [0.2, 0.25) is 0 Å². The Morgan fingerprint density at radius 1 is 1.19 bits per heavy atom. The molecule has 7 heteroatoms. The van der Waals surface area contributed by atoms with Crippen LogP contribution in [0.5, 0.6) is 0 Å². The third kappa shape index (κ3) is 8.30. The molecule has 1 heterocycles. The molecule has 0 spiro atoms. The van der Waals surface area contributed by atoms with Gasteiger partial charge in [0.15, 0.2) is 5.96 Å². The minimum atomic E-state index is -0.0285. The molecule has 0 aliphatic heterocycles. The fourth-order valence-electron chi connectivity index (χ4n) is 2.31. The van der Waals surface area contributed by atoms with Crippen molar-refractivity contribution in [2.45, 2.75) is 46.3 Å². The van der Waals surface area contributed by atoms with Crippen LogP contribution in [-0.4, -0.2) is 24.5 Å². The maximum Gasteiger partial charge on any atom is 0.251 e. The van der Waals surface area contributed by atoms with Gasteiger partial charge in [0.1, 0.15) is 0 Å². The first kappa shape index (κ1) is 23.4. The van der Waals surface area contributed by atoms with Crippen LogP contribution in [-0.2, 0) is 13.1 Å². The van der Waals surface area contributed by atoms with Crippen molar-refractivity contribution in [1.82, 2.24) is 16.0 Å². The van der Waals surface area contributed by atoms with E-state index in [0.717, 1.165) is 24.5 Å². The quantitative estimate of drug-likeness (QED) is 0.290. The van der Waals surface area contributed by atoms with Gasteiger partial charge in [-0.3, -0.25) is 4.79 Å². The van der Waals surface area contributed by atoms with Crippen LogP contribution in [0.3, 0.4) is 0 Å². The van der Waals surface area contributed by atoms with E-state index in [-0.39, 0.29) is 35.9 Å². The summed E-state index contributed by atoms with van der Waals surface area (Å²) in [6.07, 6.45) is 0.916. The van der Waals surface area contributed by atoms with Crippen molar-refractivity contribution >= 4 is 47.2 Å². The summed E-state index contributed by atoms with van der Waals surface area (Å²) in [6.45, 7) is 8.17. The number of halogens is 1. The van der Waals surface area contributed by atoms with E-state index in [1.807, 2.05) is 38.1 Å². The fraction of sp³-hybridized carbons (Fsp3) is 0.400. The van der Waals surface area contributed by atoms with Gasteiger partial charge in [-0.1, -0.05) is 19.1 Å². The molecule has 5 nitrogen and oxygen atoms in total. The van der Waals surface area contributed by atoms with E-state index < -0.39 is 0 Å². The van der Waals surface area contributed by atoms with Crippen LogP contribution in [0.25, 0.3) is 0 Å². The van der Waals surface area contributed by atoms with Crippen molar-refractivity contribution < 1.29 is 4.79 Å². The van der Waals surface area contributed by atoms with Crippen LogP contribution in [0.15, 0.2) is 46.1 Å². The predicted octanol–water partition coefficient (Wildman–Crippen LogP) is 4.15. The zero-order valence-electron chi connectivity index (χ0n) is 16.1. The number of nitrogens with zero attached hydrogens (tertiary/aromatic N) is 1. The van der Waals surface area contributed by atoms with Crippen LogP contribution in [0, 0.1) is 0 Å². The summed E-state index contributed by atoms with van der Waals surface area (Å²) in [7, 11) is 0. The number of nitrogens with one attached hydrogen (secondary N) is 3. The van der Waals surface area contributed by atoms with Crippen molar-refractivity contribution in [3.63, 3.8) is 0 Å². The Bertz CT molecular complexity index is 719. The Hall–Kier alpha value is -1.61. The van der Waals surface area contributed by atoms with Crippen LogP contribution >= 0.6 is 35.3 Å². The zero-order chi connectivity index (χ0) is 18.8. The van der Waals surface area contributed by atoms with E-state index in [9.17, 15) is 4.79 Å². The third-order valence-corrected chi connectivity index (χ3v) is 4.72. The lowest BCUT2D eigenvalue weighted by molar-refractivity contribution is 0.0939. The Morgan fingerprint density at radius 2 is 2.00 bits per heavy atom. The highest BCUT2D eigenvalue weighted by molar-refractivity contribution is 14.0. The number of rotatable bonds is 8. The van der Waals surface area contributed by atoms with Crippen LogP contribution in [0.4, 0.5) is 0 Å². The van der Waals surface area contributed by atoms with Gasteiger partial charge in [0, 0.05) is 24.7 Å². The monoisotopic (exact) mass is 500 g/mol. The maximum atomic E-state index is 12.3. The smallest absolute Gasteiger partial charge is 0.251 e. The van der Waals surface area contributed by atoms with E-state index >= 15 is 0 Å². The zero-order valence-corrected chi connectivity index (χ0v) is 19.3. The molecule has 0 bridgehead atoms. The molecule has 0 fully saturated rings. The van der Waals surface area contributed by atoms with Crippen LogP contribution < -0.4 is 16.0 Å². The highest BCUT2D eigenvalue weighted by Gasteiger charge is 2.09. The molecule has 1 aromatic heterocycles. The molecule has 0 saturated heterocycles. The van der Waals surface area contributed by atoms with Crippen molar-refractivity contribution in [3.8, 4) is 0 Å². The van der Waals surface area contributed by atoms with Crippen LogP contribution in [0.2, 0.25) is 0 Å². The van der Waals surface area contributed by atoms with Gasteiger partial charge in [-0.15, -0.1) is 24.0 Å². The predicted molar refractivity (Wildman–Crippen MR) is 125 cm³/mol. The Morgan fingerprint density at radius 3 is 2.67 bits per heavy atom. The van der Waals surface area contributed by atoms with E-state index in [1.54, 1.807) is 11.3 Å². The number of benzene rings is 1. The average molecular weight is 500 g/mol. The summed E-state index contributed by atoms with van der Waals surface area (Å²) in [5.74, 6) is 0.743. The normalized spacial score (nSPS) is 12.0. The second-order valence-electron chi connectivity index (χ2n) is 6.16. The first-order valence-corrected chi connectivity index (χ1v) is 9.99. The van der Waals surface area contributed by atoms with Gasteiger partial charge in [0.05, 0.1) is 6.54 Å². The molecule has 2 rings (SSSR count). The lowest BCUT2D eigenvalue weighted by Crippen LogP contribution is -2.37. The van der Waals surface area contributed by atoms with Gasteiger partial charge in [0.25, 0.3) is 5.91 Å². The molecule has 1 atom stereocenters. The minimum absolute atomic E-state index is 0. The molecule has 1 amide bonds. The summed E-state index contributed by atoms with van der Waals surface area (Å²) in [5, 5.41) is 13.7. The standard InChI is InChI=1S/C20H28N4OS.HI/c1-4-15(3)24-19(25)18-8-6-7-16(11-18)12-22-20(21-5-2)23-13-17-9-10-26-14-17;/h6-11,14-15H,4-5,12-13H2,1-3H3,(H,24,25)(H2,21,22,23);1H. The second kappa shape index (κ2) is 12.7. The summed E-state index contributed by atoms with van der Waals surface area (Å²) < 4.78 is 0. The molecular formula is C20H29IN4OS. The molecule has 0 radical (unpaired) electrons. The molecule has 27 heavy (non-hydrogen) atoms. The Kier molecular flexibility index (Phi) is 11.0. The molecule has 1 aromatic carbocycles. The van der Waals surface area contributed by atoms with E-state index in [4.69, 9.17) is 0 Å². The molecule has 1 unspecified atom stereocenters. The molecule has 3 N–H and O–H groups in total. The first-order chi connectivity index (χ1) is 12.6. The van der Waals surface area contributed by atoms with E-state index in [0.29, 0.717) is 18.7 Å². The number of amides is 1. The molecule has 0 aliphatic carbocycles. The largest absolute Gasteiger partial charge is 0.357 e. The lowest BCUT2D eigenvalue weighted by Gasteiger charge is -2.13. The van der Waals surface area contributed by atoms with Gasteiger partial charge >= 0.3 is 0 Å². The van der Waals surface area contributed by atoms with Crippen molar-refractivity contribution in [2.24, 2.45) is 4.99 Å². The van der Waals surface area contributed by atoms with Gasteiger partial charge in [-0.2, -0.15) is 11.3 Å². The number of guanidine groups is 1. The maximum absolute atomic E-state index is 12.3. The molecule has 0 aliphatic rings.